The third-order valence-electron chi connectivity index (χ3n) is 3.23. The number of carbonyl (C=O) groups excluding carboxylic acids is 1. The average Bonchev–Trinajstić information content (AvgIpc) is 2.80. The van der Waals surface area contributed by atoms with Gasteiger partial charge in [-0.2, -0.15) is 0 Å². The van der Waals surface area contributed by atoms with E-state index in [1.807, 2.05) is 11.0 Å². The number of nitrogens with zero attached hydrogens (tertiary/aromatic N) is 1. The molecular weight excluding hydrogens is 301 g/mol. The second-order valence-electron chi connectivity index (χ2n) is 4.39. The summed E-state index contributed by atoms with van der Waals surface area (Å²) in [6.07, 6.45) is 1.72. The van der Waals surface area contributed by atoms with Gasteiger partial charge in [-0.3, -0.25) is 9.69 Å². The molecule has 1 unspecified atom stereocenters. The maximum Gasteiger partial charge on any atom is 0.323 e. The number of halogens is 2. The van der Waals surface area contributed by atoms with Crippen molar-refractivity contribution in [1.29, 1.82) is 0 Å². The molecular formula is C13H15BrFNO2. The standard InChI is InChI=1S/C13H15BrFNO2/c1-18-13(17)12-3-2-6-16(12)8-9-4-5-10(14)7-11(9)15/h4-5,7,12H,2-3,6,8H2,1H3. The lowest BCUT2D eigenvalue weighted by Gasteiger charge is -2.22. The van der Waals surface area contributed by atoms with E-state index < -0.39 is 0 Å². The highest BCUT2D eigenvalue weighted by Gasteiger charge is 2.31. The van der Waals surface area contributed by atoms with E-state index in [2.05, 4.69) is 15.9 Å². The molecule has 0 spiro atoms. The molecule has 18 heavy (non-hydrogen) atoms. The van der Waals surface area contributed by atoms with Crippen molar-refractivity contribution in [3.05, 3.63) is 34.1 Å². The summed E-state index contributed by atoms with van der Waals surface area (Å²) in [6, 6.07) is 4.75. The molecule has 3 nitrogen and oxygen atoms in total. The molecule has 1 aromatic carbocycles. The Labute approximate surface area is 114 Å². The predicted molar refractivity (Wildman–Crippen MR) is 69.5 cm³/mol. The molecule has 1 atom stereocenters. The highest BCUT2D eigenvalue weighted by atomic mass is 79.9. The Kier molecular flexibility index (Phi) is 4.35. The van der Waals surface area contributed by atoms with Gasteiger partial charge >= 0.3 is 5.97 Å². The van der Waals surface area contributed by atoms with Gasteiger partial charge in [0, 0.05) is 16.6 Å². The molecule has 0 bridgehead atoms. The Bertz CT molecular complexity index is 453. The van der Waals surface area contributed by atoms with Crippen LogP contribution in [0.3, 0.4) is 0 Å². The van der Waals surface area contributed by atoms with Crippen molar-refractivity contribution in [3.8, 4) is 0 Å². The predicted octanol–water partition coefficient (Wildman–Crippen LogP) is 2.73. The average molecular weight is 316 g/mol. The molecule has 0 aliphatic carbocycles. The highest BCUT2D eigenvalue weighted by Crippen LogP contribution is 2.23. The largest absolute Gasteiger partial charge is 0.468 e. The number of likely N-dealkylation sites (tertiary alicyclic amines) is 1. The zero-order valence-electron chi connectivity index (χ0n) is 10.2. The molecule has 98 valence electrons. The Morgan fingerprint density at radius 2 is 2.39 bits per heavy atom. The van der Waals surface area contributed by atoms with Crippen LogP contribution >= 0.6 is 15.9 Å². The summed E-state index contributed by atoms with van der Waals surface area (Å²) in [6.45, 7) is 1.24. The van der Waals surface area contributed by atoms with Crippen LogP contribution < -0.4 is 0 Å². The molecule has 2 rings (SSSR count). The number of ether oxygens (including phenoxy) is 1. The summed E-state index contributed by atoms with van der Waals surface area (Å²) >= 11 is 3.23. The molecule has 0 saturated carbocycles. The number of esters is 1. The Morgan fingerprint density at radius 1 is 1.61 bits per heavy atom. The van der Waals surface area contributed by atoms with E-state index >= 15 is 0 Å². The maximum atomic E-state index is 13.7. The minimum atomic E-state index is -0.250. The van der Waals surface area contributed by atoms with Crippen molar-refractivity contribution in [2.45, 2.75) is 25.4 Å². The number of hydrogen-bond acceptors (Lipinski definition) is 3. The first-order chi connectivity index (χ1) is 8.61. The number of benzene rings is 1. The van der Waals surface area contributed by atoms with Gasteiger partial charge in [0.15, 0.2) is 0 Å². The van der Waals surface area contributed by atoms with Gasteiger partial charge < -0.3 is 4.74 Å². The first-order valence-electron chi connectivity index (χ1n) is 5.87. The van der Waals surface area contributed by atoms with E-state index in [9.17, 15) is 9.18 Å². The summed E-state index contributed by atoms with van der Waals surface area (Å²) in [5.41, 5.74) is 0.606. The van der Waals surface area contributed by atoms with Gasteiger partial charge in [0.2, 0.25) is 0 Å². The van der Waals surface area contributed by atoms with E-state index in [1.54, 1.807) is 6.07 Å². The first-order valence-corrected chi connectivity index (χ1v) is 6.67. The number of rotatable bonds is 3. The topological polar surface area (TPSA) is 29.5 Å². The van der Waals surface area contributed by atoms with Gasteiger partial charge in [-0.1, -0.05) is 22.0 Å². The Morgan fingerprint density at radius 3 is 3.06 bits per heavy atom. The summed E-state index contributed by atoms with van der Waals surface area (Å²) in [7, 11) is 1.39. The summed E-state index contributed by atoms with van der Waals surface area (Å²) < 4.78 is 19.2. The monoisotopic (exact) mass is 315 g/mol. The lowest BCUT2D eigenvalue weighted by molar-refractivity contribution is -0.146. The smallest absolute Gasteiger partial charge is 0.323 e. The number of hydrogen-bond donors (Lipinski definition) is 0. The van der Waals surface area contributed by atoms with Crippen LogP contribution in [0.25, 0.3) is 0 Å². The molecule has 1 aromatic rings. The van der Waals surface area contributed by atoms with Gasteiger partial charge in [-0.15, -0.1) is 0 Å². The lowest BCUT2D eigenvalue weighted by atomic mass is 10.1. The molecule has 0 aromatic heterocycles. The van der Waals surface area contributed by atoms with Crippen molar-refractivity contribution >= 4 is 21.9 Å². The summed E-state index contributed by atoms with van der Waals surface area (Å²) in [5, 5.41) is 0. The molecule has 0 amide bonds. The van der Waals surface area contributed by atoms with E-state index in [0.29, 0.717) is 12.1 Å². The second-order valence-corrected chi connectivity index (χ2v) is 5.30. The molecule has 1 heterocycles. The minimum absolute atomic E-state index is 0.231. The zero-order chi connectivity index (χ0) is 13.1. The van der Waals surface area contributed by atoms with Gasteiger partial charge in [-0.25, -0.2) is 4.39 Å². The van der Waals surface area contributed by atoms with Crippen molar-refractivity contribution in [3.63, 3.8) is 0 Å². The fraction of sp³-hybridized carbons (Fsp3) is 0.462. The SMILES string of the molecule is COC(=O)C1CCCN1Cc1ccc(Br)cc1F. The lowest BCUT2D eigenvalue weighted by Crippen LogP contribution is -2.36. The second kappa shape index (κ2) is 5.80. The van der Waals surface area contributed by atoms with Crippen LogP contribution in [0, 0.1) is 5.82 Å². The quantitative estimate of drug-likeness (QED) is 0.803. The van der Waals surface area contributed by atoms with Gasteiger partial charge in [-0.05, 0) is 31.5 Å². The van der Waals surface area contributed by atoms with Crippen LogP contribution in [0.1, 0.15) is 18.4 Å². The van der Waals surface area contributed by atoms with Crippen LogP contribution in [-0.2, 0) is 16.1 Å². The molecule has 0 N–H and O–H groups in total. The van der Waals surface area contributed by atoms with E-state index in [0.717, 1.165) is 23.9 Å². The van der Waals surface area contributed by atoms with Crippen molar-refractivity contribution in [2.75, 3.05) is 13.7 Å². The van der Waals surface area contributed by atoms with Gasteiger partial charge in [0.25, 0.3) is 0 Å². The molecule has 1 aliphatic rings. The number of carbonyl (C=O) groups is 1. The molecule has 1 saturated heterocycles. The highest BCUT2D eigenvalue weighted by molar-refractivity contribution is 9.10. The molecule has 0 radical (unpaired) electrons. The zero-order valence-corrected chi connectivity index (χ0v) is 11.7. The van der Waals surface area contributed by atoms with E-state index in [-0.39, 0.29) is 17.8 Å². The normalized spacial score (nSPS) is 20.1. The van der Waals surface area contributed by atoms with Crippen LogP contribution in [0.2, 0.25) is 0 Å². The molecule has 1 aliphatic heterocycles. The summed E-state index contributed by atoms with van der Waals surface area (Å²) in [5.74, 6) is -0.482. The Hall–Kier alpha value is -0.940. The molecule has 1 fully saturated rings. The van der Waals surface area contributed by atoms with Crippen LogP contribution in [0.5, 0.6) is 0 Å². The van der Waals surface area contributed by atoms with Crippen LogP contribution in [-0.4, -0.2) is 30.6 Å². The summed E-state index contributed by atoms with van der Waals surface area (Å²) in [4.78, 5) is 13.6. The van der Waals surface area contributed by atoms with E-state index in [4.69, 9.17) is 4.74 Å². The van der Waals surface area contributed by atoms with E-state index in [1.165, 1.54) is 13.2 Å². The minimum Gasteiger partial charge on any atom is -0.468 e. The fourth-order valence-corrected chi connectivity index (χ4v) is 2.62. The van der Waals surface area contributed by atoms with Gasteiger partial charge in [0.05, 0.1) is 7.11 Å². The van der Waals surface area contributed by atoms with Crippen molar-refractivity contribution in [2.24, 2.45) is 0 Å². The maximum absolute atomic E-state index is 13.7. The van der Waals surface area contributed by atoms with Crippen molar-refractivity contribution in [1.82, 2.24) is 4.90 Å². The van der Waals surface area contributed by atoms with Crippen LogP contribution in [0.15, 0.2) is 22.7 Å². The third kappa shape index (κ3) is 2.90. The van der Waals surface area contributed by atoms with Crippen LogP contribution in [0.4, 0.5) is 4.39 Å². The fourth-order valence-electron chi connectivity index (χ4n) is 2.29. The molecule has 5 heteroatoms. The van der Waals surface area contributed by atoms with Crippen molar-refractivity contribution < 1.29 is 13.9 Å². The third-order valence-corrected chi connectivity index (χ3v) is 3.72. The van der Waals surface area contributed by atoms with Gasteiger partial charge in [0.1, 0.15) is 11.9 Å². The first kappa shape index (κ1) is 13.5. The number of methoxy groups -OCH3 is 1. The Balaban J connectivity index is 2.10.